The lowest BCUT2D eigenvalue weighted by Gasteiger charge is -2.25. The maximum Gasteiger partial charge on any atom is 0.120 e. The van der Waals surface area contributed by atoms with Crippen molar-refractivity contribution in [2.45, 2.75) is 100 Å². The molecule has 23 heavy (non-hydrogen) atoms. The lowest BCUT2D eigenvalue weighted by molar-refractivity contribution is 0.105. The summed E-state index contributed by atoms with van der Waals surface area (Å²) in [6.07, 6.45) is 3.48. The summed E-state index contributed by atoms with van der Waals surface area (Å²) in [5.41, 5.74) is 1.36. The molecule has 0 amide bonds. The maximum atomic E-state index is 6.00. The van der Waals surface area contributed by atoms with Crippen LogP contribution in [0.1, 0.15) is 100.0 Å². The van der Waals surface area contributed by atoms with E-state index in [4.69, 9.17) is 4.74 Å². The summed E-state index contributed by atoms with van der Waals surface area (Å²) in [5.74, 6) is 2.41. The van der Waals surface area contributed by atoms with E-state index in [0.29, 0.717) is 5.92 Å². The molecule has 0 aliphatic rings. The van der Waals surface area contributed by atoms with Crippen molar-refractivity contribution < 1.29 is 4.74 Å². The van der Waals surface area contributed by atoms with Gasteiger partial charge in [-0.05, 0) is 62.6 Å². The van der Waals surface area contributed by atoms with Crippen molar-refractivity contribution in [3.63, 3.8) is 0 Å². The molecule has 0 N–H and O–H groups in total. The third-order valence-electron chi connectivity index (χ3n) is 3.85. The van der Waals surface area contributed by atoms with Crippen LogP contribution in [0.5, 0.6) is 5.75 Å². The summed E-state index contributed by atoms with van der Waals surface area (Å²) in [4.78, 5) is 0. The van der Waals surface area contributed by atoms with E-state index in [1.165, 1.54) is 18.4 Å². The predicted molar refractivity (Wildman–Crippen MR) is 107 cm³/mol. The molecule has 1 unspecified atom stereocenters. The highest BCUT2D eigenvalue weighted by molar-refractivity contribution is 5.30. The molecule has 1 atom stereocenters. The van der Waals surface area contributed by atoms with Crippen LogP contribution >= 0.6 is 0 Å². The van der Waals surface area contributed by atoms with Gasteiger partial charge in [-0.15, -0.1) is 0 Å². The van der Waals surface area contributed by atoms with Crippen LogP contribution in [0.25, 0.3) is 0 Å². The van der Waals surface area contributed by atoms with Crippen LogP contribution in [0.4, 0.5) is 0 Å². The van der Waals surface area contributed by atoms with Gasteiger partial charge in [0.2, 0.25) is 0 Å². The topological polar surface area (TPSA) is 9.23 Å². The number of benzene rings is 1. The van der Waals surface area contributed by atoms with Crippen LogP contribution in [0, 0.1) is 5.92 Å². The fourth-order valence-electron chi connectivity index (χ4n) is 2.31. The van der Waals surface area contributed by atoms with Crippen LogP contribution in [0.3, 0.4) is 0 Å². The minimum Gasteiger partial charge on any atom is -0.488 e. The van der Waals surface area contributed by atoms with Crippen LogP contribution in [0.2, 0.25) is 0 Å². The molecule has 0 aliphatic heterocycles. The van der Waals surface area contributed by atoms with Gasteiger partial charge in [0, 0.05) is 0 Å². The van der Waals surface area contributed by atoms with E-state index in [0.717, 1.165) is 18.1 Å². The smallest absolute Gasteiger partial charge is 0.120 e. The minimum absolute atomic E-state index is 0.0798. The maximum absolute atomic E-state index is 6.00. The molecule has 1 aromatic carbocycles. The summed E-state index contributed by atoms with van der Waals surface area (Å²) in [6.45, 7) is 21.3. The van der Waals surface area contributed by atoms with Crippen LogP contribution in [-0.2, 0) is 0 Å². The first-order valence-electron chi connectivity index (χ1n) is 9.67. The fraction of sp³-hybridized carbons (Fsp3) is 0.727. The van der Waals surface area contributed by atoms with Gasteiger partial charge in [-0.2, -0.15) is 0 Å². The number of rotatable bonds is 7. The first kappa shape index (κ1) is 24.3. The zero-order valence-electron chi connectivity index (χ0n) is 17.5. The lowest BCUT2D eigenvalue weighted by Crippen LogP contribution is -2.26. The van der Waals surface area contributed by atoms with Crippen LogP contribution in [-0.4, -0.2) is 5.60 Å². The molecular weight excluding hydrogens is 280 g/mol. The quantitative estimate of drug-likeness (QED) is 0.496. The molecular formula is C22H42O. The number of ether oxygens (including phenoxy) is 1. The Hall–Kier alpha value is -0.980. The van der Waals surface area contributed by atoms with Gasteiger partial charge in [-0.1, -0.05) is 67.5 Å². The fourth-order valence-corrected chi connectivity index (χ4v) is 2.31. The van der Waals surface area contributed by atoms with E-state index in [-0.39, 0.29) is 5.60 Å². The van der Waals surface area contributed by atoms with Gasteiger partial charge in [0.25, 0.3) is 0 Å². The molecule has 0 saturated carbocycles. The van der Waals surface area contributed by atoms with Crippen molar-refractivity contribution in [2.24, 2.45) is 5.92 Å². The SMILES string of the molecule is CC.CC.CCC(CC(C)C)c1ccc(OC(C)(C)CC)cc1. The summed E-state index contributed by atoms with van der Waals surface area (Å²) in [5, 5.41) is 0. The molecule has 136 valence electrons. The third kappa shape index (κ3) is 10.4. The Kier molecular flexibility index (Phi) is 14.2. The molecule has 0 radical (unpaired) electrons. The average Bonchev–Trinajstić information content (AvgIpc) is 2.57. The number of hydrogen-bond acceptors (Lipinski definition) is 1. The Morgan fingerprint density at radius 1 is 0.913 bits per heavy atom. The van der Waals surface area contributed by atoms with Gasteiger partial charge in [0.05, 0.1) is 0 Å². The second kappa shape index (κ2) is 13.5. The van der Waals surface area contributed by atoms with Gasteiger partial charge in [-0.25, -0.2) is 0 Å². The lowest BCUT2D eigenvalue weighted by atomic mass is 9.88. The van der Waals surface area contributed by atoms with Gasteiger partial charge in [0.1, 0.15) is 11.4 Å². The Balaban J connectivity index is 0. The van der Waals surface area contributed by atoms with Gasteiger partial charge >= 0.3 is 0 Å². The van der Waals surface area contributed by atoms with E-state index < -0.39 is 0 Å². The second-order valence-electron chi connectivity index (χ2n) is 6.52. The standard InChI is InChI=1S/C18H30O.2C2H6/c1-7-15(13-14(3)4)16-9-11-17(12-10-16)19-18(5,6)8-2;2*1-2/h9-12,14-15H,7-8,13H2,1-6H3;2*1-2H3. The highest BCUT2D eigenvalue weighted by Crippen LogP contribution is 2.29. The molecule has 0 fully saturated rings. The van der Waals surface area contributed by atoms with Crippen LogP contribution < -0.4 is 4.74 Å². The molecule has 1 aromatic rings. The molecule has 0 heterocycles. The summed E-state index contributed by atoms with van der Waals surface area (Å²) < 4.78 is 6.00. The van der Waals surface area contributed by atoms with Crippen molar-refractivity contribution in [3.05, 3.63) is 29.8 Å². The monoisotopic (exact) mass is 322 g/mol. The molecule has 0 aromatic heterocycles. The van der Waals surface area contributed by atoms with Crippen molar-refractivity contribution >= 4 is 0 Å². The Morgan fingerprint density at radius 2 is 1.39 bits per heavy atom. The Labute approximate surface area is 146 Å². The van der Waals surface area contributed by atoms with Gasteiger partial charge in [0.15, 0.2) is 0 Å². The molecule has 0 bridgehead atoms. The normalized spacial score (nSPS) is 11.8. The first-order chi connectivity index (χ1) is 10.9. The van der Waals surface area contributed by atoms with Gasteiger partial charge < -0.3 is 4.74 Å². The third-order valence-corrected chi connectivity index (χ3v) is 3.85. The van der Waals surface area contributed by atoms with Crippen molar-refractivity contribution in [1.29, 1.82) is 0 Å². The zero-order chi connectivity index (χ0) is 18.5. The molecule has 1 nitrogen and oxygen atoms in total. The van der Waals surface area contributed by atoms with E-state index in [1.54, 1.807) is 0 Å². The van der Waals surface area contributed by atoms with E-state index in [2.05, 4.69) is 65.8 Å². The summed E-state index contributed by atoms with van der Waals surface area (Å²) in [7, 11) is 0. The molecule has 0 spiro atoms. The molecule has 1 rings (SSSR count). The largest absolute Gasteiger partial charge is 0.488 e. The molecule has 1 heteroatoms. The zero-order valence-corrected chi connectivity index (χ0v) is 17.5. The second-order valence-corrected chi connectivity index (χ2v) is 6.52. The van der Waals surface area contributed by atoms with Gasteiger partial charge in [-0.3, -0.25) is 0 Å². The van der Waals surface area contributed by atoms with E-state index in [1.807, 2.05) is 27.7 Å². The highest BCUT2D eigenvalue weighted by Gasteiger charge is 2.17. The Morgan fingerprint density at radius 3 is 1.74 bits per heavy atom. The first-order valence-corrected chi connectivity index (χ1v) is 9.67. The van der Waals surface area contributed by atoms with Crippen LogP contribution in [0.15, 0.2) is 24.3 Å². The highest BCUT2D eigenvalue weighted by atomic mass is 16.5. The summed E-state index contributed by atoms with van der Waals surface area (Å²) in [6, 6.07) is 8.71. The average molecular weight is 323 g/mol. The van der Waals surface area contributed by atoms with E-state index in [9.17, 15) is 0 Å². The minimum atomic E-state index is -0.0798. The van der Waals surface area contributed by atoms with Crippen molar-refractivity contribution in [1.82, 2.24) is 0 Å². The molecule has 0 aliphatic carbocycles. The van der Waals surface area contributed by atoms with Crippen molar-refractivity contribution in [2.75, 3.05) is 0 Å². The van der Waals surface area contributed by atoms with E-state index >= 15 is 0 Å². The van der Waals surface area contributed by atoms with Crippen molar-refractivity contribution in [3.8, 4) is 5.75 Å². The number of hydrogen-bond donors (Lipinski definition) is 0. The predicted octanol–water partition coefficient (Wildman–Crippen LogP) is 7.85. The summed E-state index contributed by atoms with van der Waals surface area (Å²) >= 11 is 0. The Bertz CT molecular complexity index is 362. The molecule has 0 saturated heterocycles.